The van der Waals surface area contributed by atoms with E-state index in [1.165, 1.54) is 6.92 Å². The summed E-state index contributed by atoms with van der Waals surface area (Å²) in [5, 5.41) is 4.51. The number of halogens is 2. The van der Waals surface area contributed by atoms with E-state index in [4.69, 9.17) is 32.4 Å². The van der Waals surface area contributed by atoms with E-state index < -0.39 is 18.0 Å². The number of fused-ring (bicyclic) bond motifs is 1. The standard InChI is InChI=1S/C20H17Cl2NO4/c1-11(15-8-7-14(21)10-16(15)22)23-19(24)12(2)26-20(25)18-9-13-5-3-4-6-17(13)27-18/h3-12H,1-2H3,(H,23,24)/t11-,12+/m1/s1. The fourth-order valence-electron chi connectivity index (χ4n) is 2.62. The SMILES string of the molecule is C[C@H](OC(=O)c1cc2ccccc2o1)C(=O)N[C@H](C)c1ccc(Cl)cc1Cl. The van der Waals surface area contributed by atoms with Crippen LogP contribution in [0.2, 0.25) is 10.0 Å². The molecule has 1 N–H and O–H groups in total. The number of carbonyl (C=O) groups excluding carboxylic acids is 2. The molecule has 0 bridgehead atoms. The van der Waals surface area contributed by atoms with E-state index in [0.717, 1.165) is 5.39 Å². The summed E-state index contributed by atoms with van der Waals surface area (Å²) in [7, 11) is 0. The van der Waals surface area contributed by atoms with E-state index in [0.29, 0.717) is 21.2 Å². The van der Waals surface area contributed by atoms with Crippen LogP contribution in [0.15, 0.2) is 52.9 Å². The van der Waals surface area contributed by atoms with Crippen LogP contribution in [-0.2, 0) is 9.53 Å². The van der Waals surface area contributed by atoms with Gasteiger partial charge in [-0.05, 0) is 43.7 Å². The molecule has 0 fully saturated rings. The van der Waals surface area contributed by atoms with Crippen molar-refractivity contribution in [3.63, 3.8) is 0 Å². The van der Waals surface area contributed by atoms with Gasteiger partial charge >= 0.3 is 5.97 Å². The monoisotopic (exact) mass is 405 g/mol. The first-order valence-corrected chi connectivity index (χ1v) is 9.05. The Morgan fingerprint density at radius 3 is 2.52 bits per heavy atom. The molecule has 1 aromatic heterocycles. The average Bonchev–Trinajstić information content (AvgIpc) is 3.05. The maximum absolute atomic E-state index is 12.4. The third-order valence-corrected chi connectivity index (χ3v) is 4.63. The van der Waals surface area contributed by atoms with Crippen LogP contribution in [0.1, 0.15) is 36.0 Å². The summed E-state index contributed by atoms with van der Waals surface area (Å²) in [4.78, 5) is 24.6. The first kappa shape index (κ1) is 19.3. The first-order chi connectivity index (χ1) is 12.8. The molecule has 2 aromatic carbocycles. The molecule has 0 saturated heterocycles. The topological polar surface area (TPSA) is 68.5 Å². The van der Waals surface area contributed by atoms with Crippen molar-refractivity contribution in [2.24, 2.45) is 0 Å². The average molecular weight is 406 g/mol. The lowest BCUT2D eigenvalue weighted by Crippen LogP contribution is -2.37. The van der Waals surface area contributed by atoms with Crippen molar-refractivity contribution in [2.75, 3.05) is 0 Å². The van der Waals surface area contributed by atoms with E-state index in [1.54, 1.807) is 43.3 Å². The van der Waals surface area contributed by atoms with Crippen LogP contribution in [0.5, 0.6) is 0 Å². The largest absolute Gasteiger partial charge is 0.449 e. The number of esters is 1. The minimum absolute atomic E-state index is 0.0460. The predicted molar refractivity (Wildman–Crippen MR) is 104 cm³/mol. The molecule has 3 rings (SSSR count). The third-order valence-electron chi connectivity index (χ3n) is 4.07. The summed E-state index contributed by atoms with van der Waals surface area (Å²) in [5.41, 5.74) is 1.29. The molecule has 0 saturated carbocycles. The van der Waals surface area contributed by atoms with E-state index in [2.05, 4.69) is 5.32 Å². The number of nitrogens with one attached hydrogen (secondary N) is 1. The zero-order valence-electron chi connectivity index (χ0n) is 14.7. The molecular weight excluding hydrogens is 389 g/mol. The van der Waals surface area contributed by atoms with Gasteiger partial charge in [-0.2, -0.15) is 0 Å². The molecule has 0 aliphatic carbocycles. The molecule has 3 aromatic rings. The number of carbonyl (C=O) groups is 2. The minimum Gasteiger partial charge on any atom is -0.449 e. The molecule has 0 aliphatic rings. The Labute approximate surface area is 166 Å². The predicted octanol–water partition coefficient (Wildman–Crippen LogP) is 5.16. The number of benzene rings is 2. The van der Waals surface area contributed by atoms with E-state index in [-0.39, 0.29) is 11.8 Å². The minimum atomic E-state index is -1.00. The molecule has 27 heavy (non-hydrogen) atoms. The molecular formula is C20H17Cl2NO4. The molecule has 1 amide bonds. The maximum atomic E-state index is 12.4. The van der Waals surface area contributed by atoms with E-state index in [9.17, 15) is 9.59 Å². The van der Waals surface area contributed by atoms with Gasteiger partial charge in [0.05, 0.1) is 6.04 Å². The number of para-hydroxylation sites is 1. The summed E-state index contributed by atoms with van der Waals surface area (Å²) in [6.07, 6.45) is -1.00. The number of hydrogen-bond donors (Lipinski definition) is 1. The fourth-order valence-corrected chi connectivity index (χ4v) is 3.19. The summed E-state index contributed by atoms with van der Waals surface area (Å²) in [5.74, 6) is -1.10. The Kier molecular flexibility index (Phi) is 5.73. The highest BCUT2D eigenvalue weighted by molar-refractivity contribution is 6.35. The highest BCUT2D eigenvalue weighted by Gasteiger charge is 2.23. The van der Waals surface area contributed by atoms with Gasteiger partial charge in [-0.25, -0.2) is 4.79 Å². The summed E-state index contributed by atoms with van der Waals surface area (Å²) in [6, 6.07) is 13.5. The third kappa shape index (κ3) is 4.43. The van der Waals surface area contributed by atoms with Crippen LogP contribution in [0.3, 0.4) is 0 Å². The van der Waals surface area contributed by atoms with Crippen LogP contribution in [-0.4, -0.2) is 18.0 Å². The zero-order valence-corrected chi connectivity index (χ0v) is 16.2. The molecule has 2 atom stereocenters. The number of hydrogen-bond acceptors (Lipinski definition) is 4. The van der Waals surface area contributed by atoms with Gasteiger partial charge < -0.3 is 14.5 Å². The second-order valence-electron chi connectivity index (χ2n) is 6.09. The lowest BCUT2D eigenvalue weighted by molar-refractivity contribution is -0.129. The number of ether oxygens (including phenoxy) is 1. The number of amides is 1. The summed E-state index contributed by atoms with van der Waals surface area (Å²) >= 11 is 12.0. The quantitative estimate of drug-likeness (QED) is 0.594. The Balaban J connectivity index is 1.63. The van der Waals surface area contributed by atoms with Gasteiger partial charge in [-0.15, -0.1) is 0 Å². The van der Waals surface area contributed by atoms with Crippen molar-refractivity contribution in [1.29, 1.82) is 0 Å². The molecule has 0 aliphatic heterocycles. The van der Waals surface area contributed by atoms with Crippen LogP contribution in [0.4, 0.5) is 0 Å². The molecule has 1 heterocycles. The number of rotatable bonds is 5. The Morgan fingerprint density at radius 1 is 1.07 bits per heavy atom. The van der Waals surface area contributed by atoms with Gasteiger partial charge in [0, 0.05) is 15.4 Å². The van der Waals surface area contributed by atoms with Crippen molar-refractivity contribution in [1.82, 2.24) is 5.32 Å². The van der Waals surface area contributed by atoms with Crippen molar-refractivity contribution in [2.45, 2.75) is 26.0 Å². The van der Waals surface area contributed by atoms with Crippen molar-refractivity contribution < 1.29 is 18.7 Å². The Morgan fingerprint density at radius 2 is 1.81 bits per heavy atom. The molecule has 140 valence electrons. The van der Waals surface area contributed by atoms with Crippen LogP contribution in [0, 0.1) is 0 Å². The molecule has 5 nitrogen and oxygen atoms in total. The highest BCUT2D eigenvalue weighted by Crippen LogP contribution is 2.26. The normalized spacial score (nSPS) is 13.2. The fraction of sp³-hybridized carbons (Fsp3) is 0.200. The molecule has 7 heteroatoms. The lowest BCUT2D eigenvalue weighted by Gasteiger charge is -2.19. The second-order valence-corrected chi connectivity index (χ2v) is 6.94. The first-order valence-electron chi connectivity index (χ1n) is 8.30. The highest BCUT2D eigenvalue weighted by atomic mass is 35.5. The van der Waals surface area contributed by atoms with E-state index >= 15 is 0 Å². The second kappa shape index (κ2) is 8.03. The maximum Gasteiger partial charge on any atom is 0.375 e. The van der Waals surface area contributed by atoms with E-state index in [1.807, 2.05) is 12.1 Å². The van der Waals surface area contributed by atoms with Gasteiger partial charge in [0.2, 0.25) is 5.76 Å². The number of furan rings is 1. The Bertz CT molecular complexity index is 966. The Hall–Kier alpha value is -2.50. The smallest absolute Gasteiger partial charge is 0.375 e. The van der Waals surface area contributed by atoms with Crippen LogP contribution >= 0.6 is 23.2 Å². The van der Waals surface area contributed by atoms with Crippen molar-refractivity contribution >= 4 is 46.0 Å². The van der Waals surface area contributed by atoms with Gasteiger partial charge in [0.25, 0.3) is 5.91 Å². The van der Waals surface area contributed by atoms with Gasteiger partial charge in [-0.1, -0.05) is 47.5 Å². The van der Waals surface area contributed by atoms with Gasteiger partial charge in [0.15, 0.2) is 6.10 Å². The summed E-state index contributed by atoms with van der Waals surface area (Å²) in [6.45, 7) is 3.27. The van der Waals surface area contributed by atoms with Crippen LogP contribution in [0.25, 0.3) is 11.0 Å². The summed E-state index contributed by atoms with van der Waals surface area (Å²) < 4.78 is 10.7. The lowest BCUT2D eigenvalue weighted by atomic mass is 10.1. The van der Waals surface area contributed by atoms with Gasteiger partial charge in [-0.3, -0.25) is 4.79 Å². The van der Waals surface area contributed by atoms with Crippen molar-refractivity contribution in [3.05, 3.63) is 69.9 Å². The molecule has 0 spiro atoms. The molecule has 0 radical (unpaired) electrons. The zero-order chi connectivity index (χ0) is 19.6. The van der Waals surface area contributed by atoms with Crippen molar-refractivity contribution in [3.8, 4) is 0 Å². The molecule has 0 unspecified atom stereocenters. The van der Waals surface area contributed by atoms with Crippen LogP contribution < -0.4 is 5.32 Å². The van der Waals surface area contributed by atoms with Gasteiger partial charge in [0.1, 0.15) is 5.58 Å².